The molecular weight excluding hydrogens is 466 g/mol. The molecule has 0 unspecified atom stereocenters. The number of nitrogens with zero attached hydrogens (tertiary/aromatic N) is 3. The summed E-state index contributed by atoms with van der Waals surface area (Å²) in [4.78, 5) is 17.4. The summed E-state index contributed by atoms with van der Waals surface area (Å²) in [5.74, 6) is 1.98. The highest BCUT2D eigenvalue weighted by Gasteiger charge is 2.30. The third-order valence-corrected chi connectivity index (χ3v) is 8.79. The van der Waals surface area contributed by atoms with Crippen molar-refractivity contribution >= 4 is 45.0 Å². The van der Waals surface area contributed by atoms with E-state index >= 15 is 0 Å². The van der Waals surface area contributed by atoms with Crippen LogP contribution in [0.25, 0.3) is 0 Å². The van der Waals surface area contributed by atoms with Crippen molar-refractivity contribution in [2.75, 3.05) is 55.7 Å². The van der Waals surface area contributed by atoms with E-state index in [0.717, 1.165) is 17.2 Å². The number of para-hydroxylation sites is 1. The first-order valence-electron chi connectivity index (χ1n) is 10.5. The lowest BCUT2D eigenvalue weighted by molar-refractivity contribution is -0.119. The van der Waals surface area contributed by atoms with Crippen LogP contribution in [0, 0.1) is 0 Å². The second kappa shape index (κ2) is 10.4. The fraction of sp³-hybridized carbons (Fsp3) is 0.348. The second-order valence-electron chi connectivity index (χ2n) is 7.83. The molecule has 0 bridgehead atoms. The highest BCUT2D eigenvalue weighted by molar-refractivity contribution is 7.99. The molecule has 2 heterocycles. The summed E-state index contributed by atoms with van der Waals surface area (Å²) < 4.78 is 27.3. The molecule has 1 fully saturated rings. The van der Waals surface area contributed by atoms with Gasteiger partial charge in [0.25, 0.3) is 0 Å². The number of sulfonamides is 1. The quantitative estimate of drug-likeness (QED) is 0.556. The summed E-state index contributed by atoms with van der Waals surface area (Å²) in [5, 5.41) is 0.502. The molecule has 0 atom stereocenters. The van der Waals surface area contributed by atoms with Gasteiger partial charge in [-0.25, -0.2) is 8.42 Å². The predicted octanol–water partition coefficient (Wildman–Crippen LogP) is 3.35. The van der Waals surface area contributed by atoms with Gasteiger partial charge in [0.15, 0.2) is 0 Å². The van der Waals surface area contributed by atoms with Crippen molar-refractivity contribution in [1.29, 1.82) is 0 Å². The van der Waals surface area contributed by atoms with Gasteiger partial charge in [-0.3, -0.25) is 9.69 Å². The van der Waals surface area contributed by atoms with E-state index in [2.05, 4.69) is 6.08 Å². The van der Waals surface area contributed by atoms with E-state index in [1.807, 2.05) is 51.9 Å². The van der Waals surface area contributed by atoms with Crippen LogP contribution in [0.1, 0.15) is 0 Å². The Labute approximate surface area is 198 Å². The number of amides is 1. The lowest BCUT2D eigenvalue weighted by Crippen LogP contribution is -2.51. The molecule has 4 rings (SSSR count). The van der Waals surface area contributed by atoms with Crippen molar-refractivity contribution < 1.29 is 13.2 Å². The smallest absolute Gasteiger partial charge is 0.243 e. The number of thioether (sulfide) groups is 1. The molecule has 6 nitrogen and oxygen atoms in total. The fourth-order valence-electron chi connectivity index (χ4n) is 3.83. The largest absolute Gasteiger partial charge is 0.307 e. The van der Waals surface area contributed by atoms with Crippen LogP contribution in [0.15, 0.2) is 71.1 Å². The van der Waals surface area contributed by atoms with E-state index in [9.17, 15) is 13.2 Å². The Kier molecular flexibility index (Phi) is 7.58. The summed E-state index contributed by atoms with van der Waals surface area (Å²) in [7, 11) is -3.56. The molecule has 2 aromatic carbocycles. The second-order valence-corrected chi connectivity index (χ2v) is 11.2. The number of hydrogen-bond acceptors (Lipinski definition) is 5. The van der Waals surface area contributed by atoms with Gasteiger partial charge in [-0.1, -0.05) is 35.9 Å². The maximum atomic E-state index is 13.2. The summed E-state index contributed by atoms with van der Waals surface area (Å²) in [6.45, 7) is 2.60. The first-order chi connectivity index (χ1) is 15.4. The van der Waals surface area contributed by atoms with E-state index < -0.39 is 10.0 Å². The molecule has 32 heavy (non-hydrogen) atoms. The number of benzene rings is 2. The minimum Gasteiger partial charge on any atom is -0.307 e. The number of carbonyl (C=O) groups excluding carboxylic acids is 1. The number of rotatable bonds is 7. The van der Waals surface area contributed by atoms with Crippen molar-refractivity contribution in [3.05, 3.63) is 71.3 Å². The summed E-state index contributed by atoms with van der Waals surface area (Å²) in [6.07, 6.45) is 2.20. The Hall–Kier alpha value is -1.84. The molecule has 9 heteroatoms. The van der Waals surface area contributed by atoms with E-state index in [1.165, 1.54) is 22.0 Å². The Balaban J connectivity index is 1.38. The lowest BCUT2D eigenvalue weighted by atomic mass is 10.2. The first-order valence-corrected chi connectivity index (χ1v) is 13.5. The van der Waals surface area contributed by atoms with Crippen LogP contribution in [-0.4, -0.2) is 74.3 Å². The third kappa shape index (κ3) is 5.55. The average molecular weight is 492 g/mol. The molecule has 2 aliphatic heterocycles. The number of carbonyl (C=O) groups is 1. The van der Waals surface area contributed by atoms with Crippen molar-refractivity contribution in [3.8, 4) is 0 Å². The van der Waals surface area contributed by atoms with Gasteiger partial charge in [-0.15, -0.1) is 0 Å². The average Bonchev–Trinajstić information content (AvgIpc) is 3.32. The lowest BCUT2D eigenvalue weighted by Gasteiger charge is -2.35. The molecule has 0 saturated carbocycles. The van der Waals surface area contributed by atoms with Gasteiger partial charge in [0.1, 0.15) is 0 Å². The third-order valence-electron chi connectivity index (χ3n) is 5.65. The van der Waals surface area contributed by atoms with E-state index in [-0.39, 0.29) is 17.3 Å². The van der Waals surface area contributed by atoms with Crippen LogP contribution < -0.4 is 4.90 Å². The van der Waals surface area contributed by atoms with Gasteiger partial charge in [0.05, 0.1) is 11.4 Å². The Morgan fingerprint density at radius 1 is 1.00 bits per heavy atom. The zero-order chi connectivity index (χ0) is 22.6. The van der Waals surface area contributed by atoms with Gasteiger partial charge in [0, 0.05) is 54.9 Å². The predicted molar refractivity (Wildman–Crippen MR) is 131 cm³/mol. The van der Waals surface area contributed by atoms with Crippen LogP contribution in [0.2, 0.25) is 5.02 Å². The molecule has 2 aromatic rings. The summed E-state index contributed by atoms with van der Waals surface area (Å²) in [6, 6.07) is 16.0. The summed E-state index contributed by atoms with van der Waals surface area (Å²) in [5.41, 5.74) is 2.16. The molecule has 0 radical (unpaired) electrons. The normalized spacial score (nSPS) is 17.8. The minimum atomic E-state index is -3.56. The fourth-order valence-corrected chi connectivity index (χ4v) is 6.32. The van der Waals surface area contributed by atoms with Crippen LogP contribution in [0.5, 0.6) is 0 Å². The molecule has 1 amide bonds. The van der Waals surface area contributed by atoms with Crippen LogP contribution >= 0.6 is 23.4 Å². The molecule has 0 spiro atoms. The van der Waals surface area contributed by atoms with Gasteiger partial charge >= 0.3 is 0 Å². The van der Waals surface area contributed by atoms with Crippen molar-refractivity contribution in [1.82, 2.24) is 9.21 Å². The van der Waals surface area contributed by atoms with Crippen molar-refractivity contribution in [3.63, 3.8) is 0 Å². The molecular formula is C23H26ClN3O3S2. The topological polar surface area (TPSA) is 60.9 Å². The molecule has 1 saturated heterocycles. The Morgan fingerprint density at radius 2 is 1.69 bits per heavy atom. The zero-order valence-electron chi connectivity index (χ0n) is 17.7. The van der Waals surface area contributed by atoms with Crippen LogP contribution in [-0.2, 0) is 14.8 Å². The SMILES string of the molecule is O=C(CN1CCN(S(=O)(=O)c2ccc(Cl)cc2)CC1)N(CC1=CCSC1)c1ccccc1. The van der Waals surface area contributed by atoms with E-state index in [1.54, 1.807) is 12.1 Å². The highest BCUT2D eigenvalue weighted by atomic mass is 35.5. The van der Waals surface area contributed by atoms with Crippen LogP contribution in [0.4, 0.5) is 5.69 Å². The standard InChI is InChI=1S/C23H26ClN3O3S2/c24-20-6-8-22(9-7-20)32(29,30)26-13-11-25(12-14-26)17-23(28)27(16-19-10-15-31-18-19)21-4-2-1-3-5-21/h1-10H,11-18H2. The van der Waals surface area contributed by atoms with E-state index in [4.69, 9.17) is 11.6 Å². The number of hydrogen-bond donors (Lipinski definition) is 0. The van der Waals surface area contributed by atoms with Gasteiger partial charge in [-0.2, -0.15) is 16.1 Å². The maximum Gasteiger partial charge on any atom is 0.243 e. The maximum absolute atomic E-state index is 13.2. The Bertz CT molecular complexity index is 1070. The van der Waals surface area contributed by atoms with Gasteiger partial charge in [-0.05, 0) is 42.0 Å². The summed E-state index contributed by atoms with van der Waals surface area (Å²) >= 11 is 7.74. The van der Waals surface area contributed by atoms with Crippen molar-refractivity contribution in [2.24, 2.45) is 0 Å². The molecule has 0 aliphatic carbocycles. The molecule has 0 N–H and O–H groups in total. The number of halogens is 1. The monoisotopic (exact) mass is 491 g/mol. The van der Waals surface area contributed by atoms with Crippen LogP contribution in [0.3, 0.4) is 0 Å². The molecule has 2 aliphatic rings. The zero-order valence-corrected chi connectivity index (χ0v) is 20.1. The van der Waals surface area contributed by atoms with E-state index in [0.29, 0.717) is 37.7 Å². The first kappa shape index (κ1) is 23.3. The van der Waals surface area contributed by atoms with Crippen molar-refractivity contribution in [2.45, 2.75) is 4.90 Å². The number of piperazine rings is 1. The minimum absolute atomic E-state index is 0.0306. The molecule has 170 valence electrons. The Morgan fingerprint density at radius 3 is 2.31 bits per heavy atom. The number of anilines is 1. The highest BCUT2D eigenvalue weighted by Crippen LogP contribution is 2.23. The van der Waals surface area contributed by atoms with Gasteiger partial charge < -0.3 is 4.90 Å². The van der Waals surface area contributed by atoms with Gasteiger partial charge in [0.2, 0.25) is 15.9 Å². The molecule has 0 aromatic heterocycles.